The van der Waals surface area contributed by atoms with Crippen LogP contribution in [-0.4, -0.2) is 138 Å². The molecule has 9 heterocycles. The molecule has 4 aromatic carbocycles. The van der Waals surface area contributed by atoms with Crippen LogP contribution in [0, 0.1) is 20.8 Å². The van der Waals surface area contributed by atoms with Gasteiger partial charge in [0, 0.05) is 116 Å². The van der Waals surface area contributed by atoms with Gasteiger partial charge >= 0.3 is 6.15 Å². The number of carbonyl (C=O) groups excluding carboxylic acids is 9. The molecule has 2 spiro atoms. The van der Waals surface area contributed by atoms with Crippen molar-refractivity contribution in [2.45, 2.75) is 172 Å². The van der Waals surface area contributed by atoms with Gasteiger partial charge in [-0.3, -0.25) is 38.7 Å². The third kappa shape index (κ3) is 15.7. The molecule has 5 aliphatic heterocycles. The van der Waals surface area contributed by atoms with Gasteiger partial charge < -0.3 is 52.0 Å². The van der Waals surface area contributed by atoms with Gasteiger partial charge in [-0.05, 0) is 163 Å². The molecule has 1 unspecified atom stereocenters. The Bertz CT molecular complexity index is 4480. The number of anilines is 2. The second-order valence-corrected chi connectivity index (χ2v) is 27.7. The number of carboxylic acid groups (broad SMARTS) is 1. The van der Waals surface area contributed by atoms with Gasteiger partial charge in [0.05, 0.1) is 34.4 Å². The molecule has 3 fully saturated rings. The van der Waals surface area contributed by atoms with Crippen molar-refractivity contribution in [1.29, 1.82) is 0 Å². The average molecular weight is 1400 g/mol. The summed E-state index contributed by atoms with van der Waals surface area (Å²) in [5.41, 5.74) is 24.4. The van der Waals surface area contributed by atoms with Crippen LogP contribution in [0.5, 0.6) is 0 Å². The number of amides is 6. The van der Waals surface area contributed by atoms with E-state index in [-0.39, 0.29) is 83.3 Å². The summed E-state index contributed by atoms with van der Waals surface area (Å²) < 4.78 is 0. The van der Waals surface area contributed by atoms with E-state index in [1.165, 1.54) is 45.5 Å². The number of aromatic carboxylic acids is 1. The first kappa shape index (κ1) is 75.7. The number of aromatic nitrogens is 4. The standard InChI is InChI=1S/C30H31N5O3.C15H22N2O.C14H11N3O.C14H20N2O.C8H8O2.CO2/c1-4-35-18(3)22(21-9-6-5-8-17(21)2)13-24(28(35)37)33-27(36)20-12-19-14-30(15-25(19)32-16-20)23-10-7-11-31-26(23)34-29(30)38;1-4-17-11(3)13(9-14(16)15(17)18)12-8-6-5-7-10(12)2;18-13-14(10-4-2-6-16-12(10)17-13)7-9-3-1-5-15-11(9)8-14;1-3-16-10(2)12(9-13(15)14(16)17)11-7-5-4-6-8-11;1-6-2-4-7(5-3-6)8(9)10;2-1-3/h5-12,16,18,22,24H,4,13-15H2,1-3H3,(H,33,36)(H,31,34,38);5-8,11,13-14H,4,9,16H2,1-3H3;1-6H,7-8H2,(H,16,17,18);4-8,10,12-13H,3,9,15H2,1-2H3;2-5H,1H3,(H,9,10);/p-1/t18-,22-,24+,30+;11-,13-,14?;14-;10-,12-,13+;;/m1101../s1. The molecule has 8 aromatic rings. The Morgan fingerprint density at radius 2 is 0.971 bits per heavy atom. The molecule has 22 nitrogen and oxygen atoms in total. The maximum Gasteiger partial charge on any atom is 0.373 e. The van der Waals surface area contributed by atoms with Crippen molar-refractivity contribution in [2.75, 3.05) is 30.3 Å². The number of aryl methyl sites for hydroxylation is 3. The minimum atomic E-state index is -1.12. The van der Waals surface area contributed by atoms with Crippen LogP contribution in [0.4, 0.5) is 11.6 Å². The molecule has 7 N–H and O–H groups in total. The fourth-order valence-electron chi connectivity index (χ4n) is 16.1. The summed E-state index contributed by atoms with van der Waals surface area (Å²) in [5, 5.41) is 19.0. The number of hydrogen-bond donors (Lipinski definition) is 5. The molecule has 3 saturated heterocycles. The Hall–Kier alpha value is -10.9. The average Bonchev–Trinajstić information content (AvgIpc) is 1.58. The van der Waals surface area contributed by atoms with Gasteiger partial charge in [0.1, 0.15) is 17.7 Å². The Balaban J connectivity index is 0.000000149. The molecule has 6 amide bonds. The van der Waals surface area contributed by atoms with E-state index in [9.17, 15) is 38.7 Å². The first-order chi connectivity index (χ1) is 49.9. The Labute approximate surface area is 606 Å². The molecule has 0 radical (unpaired) electrons. The van der Waals surface area contributed by atoms with Crippen LogP contribution in [0.25, 0.3) is 0 Å². The fraction of sp³-hybridized carbons (Fsp3) is 0.366. The topological polar surface area (TPSA) is 326 Å². The Morgan fingerprint density at radius 1 is 0.529 bits per heavy atom. The molecule has 15 rings (SSSR count). The van der Waals surface area contributed by atoms with E-state index in [1.54, 1.807) is 36.9 Å². The molecular weight excluding hydrogens is 1310 g/mol. The van der Waals surface area contributed by atoms with Crippen molar-refractivity contribution in [3.05, 3.63) is 249 Å². The number of likely N-dealkylation sites (N-methyl/N-ethyl adjacent to an activating group) is 3. The van der Waals surface area contributed by atoms with E-state index in [4.69, 9.17) is 21.1 Å². The third-order valence-electron chi connectivity index (χ3n) is 21.7. The van der Waals surface area contributed by atoms with Crippen molar-refractivity contribution in [3.8, 4) is 0 Å². The second-order valence-electron chi connectivity index (χ2n) is 27.7. The van der Waals surface area contributed by atoms with E-state index >= 15 is 0 Å². The number of pyridine rings is 4. The first-order valence-corrected chi connectivity index (χ1v) is 35.6. The summed E-state index contributed by atoms with van der Waals surface area (Å²) in [5.74, 6) is 0.752. The minimum Gasteiger partial charge on any atom is -0.545 e. The van der Waals surface area contributed by atoms with Gasteiger partial charge in [-0.25, -0.2) is 9.97 Å². The number of carbonyl (C=O) groups is 7. The van der Waals surface area contributed by atoms with Crippen LogP contribution in [0.1, 0.15) is 166 Å². The zero-order valence-electron chi connectivity index (χ0n) is 60.3. The molecule has 11 atom stereocenters. The highest BCUT2D eigenvalue weighted by Crippen LogP contribution is 2.48. The van der Waals surface area contributed by atoms with Gasteiger partial charge in [-0.2, -0.15) is 9.59 Å². The number of carboxylic acids is 1. The number of rotatable bonds is 9. The highest BCUT2D eigenvalue weighted by atomic mass is 16.4. The van der Waals surface area contributed by atoms with Crippen LogP contribution in [-0.2, 0) is 70.1 Å². The quantitative estimate of drug-likeness (QED) is 0.0906. The summed E-state index contributed by atoms with van der Waals surface area (Å²) in [6, 6.07) is 46.1. The van der Waals surface area contributed by atoms with Crippen LogP contribution in [0.3, 0.4) is 0 Å². The lowest BCUT2D eigenvalue weighted by Gasteiger charge is -2.43. The van der Waals surface area contributed by atoms with E-state index in [0.717, 1.165) is 66.0 Å². The number of benzene rings is 4. The van der Waals surface area contributed by atoms with Gasteiger partial charge in [0.2, 0.25) is 29.5 Å². The molecule has 4 aromatic heterocycles. The van der Waals surface area contributed by atoms with Gasteiger partial charge in [0.25, 0.3) is 5.91 Å². The molecule has 0 bridgehead atoms. The maximum atomic E-state index is 13.4. The van der Waals surface area contributed by atoms with E-state index in [1.807, 2.05) is 109 Å². The molecule has 0 saturated carbocycles. The summed E-state index contributed by atoms with van der Waals surface area (Å²) >= 11 is 0. The maximum absolute atomic E-state index is 13.4. The Kier molecular flexibility index (Phi) is 24.0. The van der Waals surface area contributed by atoms with Gasteiger partial charge in [-0.1, -0.05) is 127 Å². The summed E-state index contributed by atoms with van der Waals surface area (Å²) in [6.07, 6.45) is 11.3. The minimum absolute atomic E-state index is 0.0366. The largest absolute Gasteiger partial charge is 0.545 e. The van der Waals surface area contributed by atoms with Gasteiger partial charge in [-0.15, -0.1) is 0 Å². The lowest BCUT2D eigenvalue weighted by molar-refractivity contribution is -0.255. The van der Waals surface area contributed by atoms with E-state index in [0.29, 0.717) is 61.3 Å². The lowest BCUT2D eigenvalue weighted by Crippen LogP contribution is -2.57. The zero-order chi connectivity index (χ0) is 74.7. The Morgan fingerprint density at radius 3 is 1.47 bits per heavy atom. The van der Waals surface area contributed by atoms with Crippen LogP contribution in [0.15, 0.2) is 170 Å². The van der Waals surface area contributed by atoms with Crippen molar-refractivity contribution >= 4 is 59.2 Å². The molecule has 7 aliphatic rings. The molecule has 22 heteroatoms. The number of fused-ring (bicyclic) bond motifs is 6. The second kappa shape index (κ2) is 33.0. The van der Waals surface area contributed by atoms with Crippen molar-refractivity contribution < 1.29 is 48.3 Å². The monoisotopic (exact) mass is 1400 g/mol. The first-order valence-electron chi connectivity index (χ1n) is 35.6. The van der Waals surface area contributed by atoms with Crippen molar-refractivity contribution in [2.24, 2.45) is 11.5 Å². The highest BCUT2D eigenvalue weighted by Gasteiger charge is 2.53. The number of nitrogens with one attached hydrogen (secondary N) is 3. The number of piperidine rings is 3. The molecular formula is C82H91N12O10-. The van der Waals surface area contributed by atoms with E-state index < -0.39 is 22.8 Å². The van der Waals surface area contributed by atoms with Gasteiger partial charge in [0.15, 0.2) is 0 Å². The number of hydrogen-bond acceptors (Lipinski definition) is 16. The van der Waals surface area contributed by atoms with Crippen molar-refractivity contribution in [3.63, 3.8) is 0 Å². The van der Waals surface area contributed by atoms with Crippen LogP contribution >= 0.6 is 0 Å². The highest BCUT2D eigenvalue weighted by molar-refractivity contribution is 6.07. The fourth-order valence-corrected chi connectivity index (χ4v) is 16.1. The number of nitrogens with two attached hydrogens (primary N) is 2. The molecule has 540 valence electrons. The SMILES string of the molecule is CCN1C(=O)C(N)C[C@@H](c2ccccc2C)[C@H]1C.CCN1C(=O)[C@@H](N)C[C@@H](c2ccccc2)[C@H]1C.CCN1C(=O)[C@@H](NC(=O)c2cnc3c(c2)C[C@@]2(C3)C(=O)Nc3ncccc32)C[C@@H](c2ccccc2C)[C@H]1C.Cc1ccc(C(=O)[O-])cc1.O=C1Nc2ncccc2[C@@]12Cc1cccnc1C2.O=C=O. The molecule has 2 aliphatic carbocycles. The van der Waals surface area contributed by atoms with Crippen LogP contribution < -0.4 is 32.5 Å². The number of likely N-dealkylation sites (tertiary alicyclic amines) is 3. The van der Waals surface area contributed by atoms with E-state index in [2.05, 4.69) is 125 Å². The normalized spacial score (nSPS) is 24.3. The lowest BCUT2D eigenvalue weighted by atomic mass is 9.80. The van der Waals surface area contributed by atoms with Crippen LogP contribution in [0.2, 0.25) is 0 Å². The molecule has 104 heavy (non-hydrogen) atoms. The predicted molar refractivity (Wildman–Crippen MR) is 392 cm³/mol. The third-order valence-corrected chi connectivity index (χ3v) is 21.7. The smallest absolute Gasteiger partial charge is 0.373 e. The number of nitrogens with zero attached hydrogens (tertiary/aromatic N) is 7. The summed E-state index contributed by atoms with van der Waals surface area (Å²) in [6.45, 7) is 20.5. The summed E-state index contributed by atoms with van der Waals surface area (Å²) in [7, 11) is 0. The zero-order valence-corrected chi connectivity index (χ0v) is 60.3. The van der Waals surface area contributed by atoms with Crippen molar-refractivity contribution in [1.82, 2.24) is 40.0 Å². The summed E-state index contributed by atoms with van der Waals surface area (Å²) in [4.78, 5) is 126. The predicted octanol–water partition coefficient (Wildman–Crippen LogP) is 8.32.